The summed E-state index contributed by atoms with van der Waals surface area (Å²) in [5.41, 5.74) is 7.89. The second-order valence-electron chi connectivity index (χ2n) is 6.14. The van der Waals surface area contributed by atoms with Crippen molar-refractivity contribution in [3.63, 3.8) is 0 Å². The van der Waals surface area contributed by atoms with Crippen molar-refractivity contribution in [2.75, 3.05) is 18.9 Å². The summed E-state index contributed by atoms with van der Waals surface area (Å²) in [5.74, 6) is -0.438. The average Bonchev–Trinajstić information content (AvgIpc) is 2.42. The Kier molecular flexibility index (Phi) is 8.28. The molecule has 0 aliphatic carbocycles. The number of likely N-dealkylation sites (N-methyl/N-ethyl adjacent to an activating group) is 1. The minimum Gasteiger partial charge on any atom is -0.335 e. The molecule has 0 heterocycles. The Balaban J connectivity index is 0.00000484. The van der Waals surface area contributed by atoms with E-state index in [1.807, 2.05) is 39.0 Å². The van der Waals surface area contributed by atoms with Crippen molar-refractivity contribution in [3.8, 4) is 0 Å². The number of nitrogens with zero attached hydrogens (tertiary/aromatic N) is 1. The Morgan fingerprint density at radius 3 is 2.26 bits per heavy atom. The first-order chi connectivity index (χ1) is 10.2. The maximum Gasteiger partial charge on any atom is 0.243 e. The molecular formula is C17H28ClN3O2. The standard InChI is InChI=1S/C17H27N3O2.ClH/c1-6-10-17(4,18)16(22)20(5)11-14(21)19-15-12(2)8-7-9-13(15)3;/h7-9H,6,10-11,18H2,1-5H3,(H,19,21);1H. The van der Waals surface area contributed by atoms with E-state index in [4.69, 9.17) is 5.73 Å². The lowest BCUT2D eigenvalue weighted by Crippen LogP contribution is -2.53. The summed E-state index contributed by atoms with van der Waals surface area (Å²) in [5, 5.41) is 2.87. The van der Waals surface area contributed by atoms with Crippen LogP contribution in [0.15, 0.2) is 18.2 Å². The lowest BCUT2D eigenvalue weighted by Gasteiger charge is -2.28. The Morgan fingerprint density at radius 1 is 1.26 bits per heavy atom. The van der Waals surface area contributed by atoms with Gasteiger partial charge >= 0.3 is 0 Å². The number of aryl methyl sites for hydroxylation is 2. The molecule has 1 aromatic carbocycles. The van der Waals surface area contributed by atoms with Gasteiger partial charge in [0.25, 0.3) is 0 Å². The number of nitrogens with two attached hydrogens (primary N) is 1. The molecule has 0 aliphatic rings. The zero-order chi connectivity index (χ0) is 16.9. The minimum atomic E-state index is -0.928. The Labute approximate surface area is 145 Å². The van der Waals surface area contributed by atoms with Crippen LogP contribution in [0.25, 0.3) is 0 Å². The summed E-state index contributed by atoms with van der Waals surface area (Å²) in [7, 11) is 1.60. The van der Waals surface area contributed by atoms with Gasteiger partial charge in [0.1, 0.15) is 0 Å². The lowest BCUT2D eigenvalue weighted by atomic mass is 9.96. The fraction of sp³-hybridized carbons (Fsp3) is 0.529. The smallest absolute Gasteiger partial charge is 0.243 e. The fourth-order valence-electron chi connectivity index (χ4n) is 2.54. The summed E-state index contributed by atoms with van der Waals surface area (Å²) in [6.45, 7) is 7.55. The second kappa shape index (κ2) is 8.89. The van der Waals surface area contributed by atoms with Gasteiger partial charge in [-0.1, -0.05) is 31.5 Å². The summed E-state index contributed by atoms with van der Waals surface area (Å²) in [6, 6.07) is 5.83. The van der Waals surface area contributed by atoms with Crippen LogP contribution >= 0.6 is 12.4 Å². The molecule has 23 heavy (non-hydrogen) atoms. The molecule has 1 atom stereocenters. The van der Waals surface area contributed by atoms with Crippen LogP contribution in [0.5, 0.6) is 0 Å². The van der Waals surface area contributed by atoms with Crippen LogP contribution < -0.4 is 11.1 Å². The third-order valence-electron chi connectivity index (χ3n) is 3.73. The van der Waals surface area contributed by atoms with Gasteiger partial charge in [-0.2, -0.15) is 0 Å². The monoisotopic (exact) mass is 341 g/mol. The highest BCUT2D eigenvalue weighted by Crippen LogP contribution is 2.19. The molecule has 1 rings (SSSR count). The highest BCUT2D eigenvalue weighted by molar-refractivity contribution is 5.96. The van der Waals surface area contributed by atoms with Crippen LogP contribution in [0, 0.1) is 13.8 Å². The van der Waals surface area contributed by atoms with Gasteiger partial charge in [0, 0.05) is 12.7 Å². The van der Waals surface area contributed by atoms with Crippen LogP contribution in [0.2, 0.25) is 0 Å². The van der Waals surface area contributed by atoms with Crippen molar-refractivity contribution in [2.24, 2.45) is 5.73 Å². The second-order valence-corrected chi connectivity index (χ2v) is 6.14. The van der Waals surface area contributed by atoms with E-state index >= 15 is 0 Å². The zero-order valence-electron chi connectivity index (χ0n) is 14.6. The maximum absolute atomic E-state index is 12.3. The van der Waals surface area contributed by atoms with Gasteiger partial charge in [-0.15, -0.1) is 12.4 Å². The van der Waals surface area contributed by atoms with Gasteiger partial charge in [-0.05, 0) is 38.3 Å². The molecule has 6 heteroatoms. The van der Waals surface area contributed by atoms with Crippen molar-refractivity contribution in [2.45, 2.75) is 46.1 Å². The molecule has 0 bridgehead atoms. The highest BCUT2D eigenvalue weighted by atomic mass is 35.5. The third-order valence-corrected chi connectivity index (χ3v) is 3.73. The minimum absolute atomic E-state index is 0. The van der Waals surface area contributed by atoms with Gasteiger partial charge in [0.05, 0.1) is 12.1 Å². The molecule has 0 fully saturated rings. The van der Waals surface area contributed by atoms with E-state index in [0.29, 0.717) is 6.42 Å². The number of carbonyl (C=O) groups excluding carboxylic acids is 2. The molecule has 0 saturated carbocycles. The van der Waals surface area contributed by atoms with Gasteiger partial charge in [-0.3, -0.25) is 9.59 Å². The molecule has 0 radical (unpaired) electrons. The quantitative estimate of drug-likeness (QED) is 0.835. The Morgan fingerprint density at radius 2 is 1.78 bits per heavy atom. The molecule has 1 aromatic rings. The molecule has 0 aliphatic heterocycles. The topological polar surface area (TPSA) is 75.4 Å². The number of amides is 2. The number of hydrogen-bond acceptors (Lipinski definition) is 3. The SMILES string of the molecule is CCCC(C)(N)C(=O)N(C)CC(=O)Nc1c(C)cccc1C.Cl. The average molecular weight is 342 g/mol. The third kappa shape index (κ3) is 5.84. The van der Waals surface area contributed by atoms with Crippen molar-refractivity contribution in [3.05, 3.63) is 29.3 Å². The predicted octanol–water partition coefficient (Wildman–Crippen LogP) is 2.64. The van der Waals surface area contributed by atoms with Crippen molar-refractivity contribution < 1.29 is 9.59 Å². The molecule has 0 aromatic heterocycles. The van der Waals surface area contributed by atoms with E-state index in [-0.39, 0.29) is 30.8 Å². The van der Waals surface area contributed by atoms with E-state index < -0.39 is 5.54 Å². The van der Waals surface area contributed by atoms with Crippen LogP contribution in [0.3, 0.4) is 0 Å². The first kappa shape index (κ1) is 21.4. The number of anilines is 1. The Hall–Kier alpha value is -1.59. The largest absolute Gasteiger partial charge is 0.335 e. The van der Waals surface area contributed by atoms with E-state index in [1.54, 1.807) is 14.0 Å². The summed E-state index contributed by atoms with van der Waals surface area (Å²) in [4.78, 5) is 25.9. The number of benzene rings is 1. The number of halogens is 1. The normalized spacial score (nSPS) is 12.8. The molecule has 130 valence electrons. The molecule has 3 N–H and O–H groups in total. The van der Waals surface area contributed by atoms with E-state index in [0.717, 1.165) is 23.2 Å². The number of hydrogen-bond donors (Lipinski definition) is 2. The van der Waals surface area contributed by atoms with Crippen molar-refractivity contribution in [1.82, 2.24) is 4.90 Å². The number of rotatable bonds is 6. The van der Waals surface area contributed by atoms with Crippen molar-refractivity contribution in [1.29, 1.82) is 0 Å². The molecule has 5 nitrogen and oxygen atoms in total. The van der Waals surface area contributed by atoms with E-state index in [9.17, 15) is 9.59 Å². The van der Waals surface area contributed by atoms with Crippen LogP contribution in [0.4, 0.5) is 5.69 Å². The first-order valence-corrected chi connectivity index (χ1v) is 7.59. The number of nitrogens with one attached hydrogen (secondary N) is 1. The van der Waals surface area contributed by atoms with Crippen molar-refractivity contribution >= 4 is 29.9 Å². The van der Waals surface area contributed by atoms with Crippen LogP contribution in [0.1, 0.15) is 37.8 Å². The predicted molar refractivity (Wildman–Crippen MR) is 96.9 cm³/mol. The molecule has 0 saturated heterocycles. The number of carbonyl (C=O) groups is 2. The van der Waals surface area contributed by atoms with Gasteiger partial charge in [-0.25, -0.2) is 0 Å². The molecule has 0 spiro atoms. The fourth-order valence-corrected chi connectivity index (χ4v) is 2.54. The maximum atomic E-state index is 12.3. The van der Waals surface area contributed by atoms with E-state index in [1.165, 1.54) is 4.90 Å². The molecule has 2 amide bonds. The number of para-hydroxylation sites is 1. The summed E-state index contributed by atoms with van der Waals surface area (Å²) in [6.07, 6.45) is 1.41. The zero-order valence-corrected chi connectivity index (χ0v) is 15.4. The van der Waals surface area contributed by atoms with Crippen LogP contribution in [-0.2, 0) is 9.59 Å². The van der Waals surface area contributed by atoms with Gasteiger partial charge < -0.3 is 16.0 Å². The Bertz CT molecular complexity index is 539. The lowest BCUT2D eigenvalue weighted by molar-refractivity contribution is -0.137. The highest BCUT2D eigenvalue weighted by Gasteiger charge is 2.30. The molecular weight excluding hydrogens is 314 g/mol. The van der Waals surface area contributed by atoms with Crippen LogP contribution in [-0.4, -0.2) is 35.8 Å². The van der Waals surface area contributed by atoms with E-state index in [2.05, 4.69) is 5.32 Å². The van der Waals surface area contributed by atoms with Gasteiger partial charge in [0.15, 0.2) is 0 Å². The summed E-state index contributed by atoms with van der Waals surface area (Å²) < 4.78 is 0. The first-order valence-electron chi connectivity index (χ1n) is 7.59. The summed E-state index contributed by atoms with van der Waals surface area (Å²) >= 11 is 0. The van der Waals surface area contributed by atoms with Gasteiger partial charge in [0.2, 0.25) is 11.8 Å². The molecule has 1 unspecified atom stereocenters.